The summed E-state index contributed by atoms with van der Waals surface area (Å²) in [6.07, 6.45) is 0.467. The Labute approximate surface area is 123 Å². The van der Waals surface area contributed by atoms with Gasteiger partial charge in [-0.3, -0.25) is 14.9 Å². The summed E-state index contributed by atoms with van der Waals surface area (Å²) in [5, 5.41) is 24.3. The summed E-state index contributed by atoms with van der Waals surface area (Å²) in [5.74, 6) is -0.409. The molecule has 0 atom stereocenters. The molecule has 0 amide bonds. The molecule has 118 valence electrons. The average molecular weight is 298 g/mol. The van der Waals surface area contributed by atoms with Gasteiger partial charge in [-0.2, -0.15) is 5.10 Å². The Balaban J connectivity index is 3.17. The largest absolute Gasteiger partial charge is 0.481 e. The molecule has 0 spiro atoms. The van der Waals surface area contributed by atoms with Crippen LogP contribution in [0, 0.1) is 17.0 Å². The third-order valence-corrected chi connectivity index (χ3v) is 3.24. The fourth-order valence-corrected chi connectivity index (χ4v) is 2.29. The molecule has 1 aromatic rings. The lowest BCUT2D eigenvalue weighted by atomic mass is 10.2. The zero-order valence-corrected chi connectivity index (χ0v) is 12.9. The first-order valence-electron chi connectivity index (χ1n) is 6.99. The third-order valence-electron chi connectivity index (χ3n) is 3.24. The van der Waals surface area contributed by atoms with Gasteiger partial charge in [0.2, 0.25) is 5.82 Å². The van der Waals surface area contributed by atoms with Crippen molar-refractivity contribution in [2.45, 2.75) is 53.1 Å². The van der Waals surface area contributed by atoms with Gasteiger partial charge < -0.3 is 10.0 Å². The highest BCUT2D eigenvalue weighted by atomic mass is 16.6. The standard InChI is InChI=1S/C13H22N4O4/c1-5-16-13(12(17(20)21)10(4)14-16)15(9(2)3)8-6-7-11(18)19/h9H,5-8H2,1-4H3,(H,18,19). The van der Waals surface area contributed by atoms with Crippen molar-refractivity contribution in [2.24, 2.45) is 0 Å². The lowest BCUT2D eigenvalue weighted by Gasteiger charge is -2.28. The molecule has 21 heavy (non-hydrogen) atoms. The average Bonchev–Trinajstić information content (AvgIpc) is 2.70. The molecule has 8 heteroatoms. The van der Waals surface area contributed by atoms with Crippen LogP contribution in [0.5, 0.6) is 0 Å². The molecule has 0 saturated heterocycles. The van der Waals surface area contributed by atoms with Crippen molar-refractivity contribution in [2.75, 3.05) is 11.4 Å². The first-order chi connectivity index (χ1) is 9.79. The van der Waals surface area contributed by atoms with Crippen molar-refractivity contribution in [1.29, 1.82) is 0 Å². The van der Waals surface area contributed by atoms with Crippen LogP contribution in [0.2, 0.25) is 0 Å². The molecule has 0 fully saturated rings. The summed E-state index contributed by atoms with van der Waals surface area (Å²) >= 11 is 0. The number of carbonyl (C=O) groups is 1. The van der Waals surface area contributed by atoms with E-state index in [1.807, 2.05) is 25.7 Å². The van der Waals surface area contributed by atoms with E-state index < -0.39 is 10.9 Å². The number of anilines is 1. The molecule has 0 aliphatic heterocycles. The fraction of sp³-hybridized carbons (Fsp3) is 0.692. The molecule has 1 N–H and O–H groups in total. The molecule has 1 aromatic heterocycles. The van der Waals surface area contributed by atoms with Gasteiger partial charge in [0.25, 0.3) is 0 Å². The van der Waals surface area contributed by atoms with Crippen molar-refractivity contribution in [3.05, 3.63) is 15.8 Å². The Morgan fingerprint density at radius 3 is 2.57 bits per heavy atom. The third kappa shape index (κ3) is 3.93. The molecule has 0 aromatic carbocycles. The van der Waals surface area contributed by atoms with Gasteiger partial charge in [0.05, 0.1) is 4.92 Å². The van der Waals surface area contributed by atoms with E-state index in [2.05, 4.69) is 5.10 Å². The number of hydrogen-bond acceptors (Lipinski definition) is 5. The summed E-state index contributed by atoms with van der Waals surface area (Å²) in [6.45, 7) is 8.29. The zero-order chi connectivity index (χ0) is 16.2. The molecule has 0 radical (unpaired) electrons. The van der Waals surface area contributed by atoms with E-state index in [1.165, 1.54) is 0 Å². The predicted molar refractivity (Wildman–Crippen MR) is 78.6 cm³/mol. The van der Waals surface area contributed by atoms with Gasteiger partial charge in [0, 0.05) is 25.6 Å². The first-order valence-corrected chi connectivity index (χ1v) is 6.99. The second-order valence-electron chi connectivity index (χ2n) is 5.11. The molecule has 0 bridgehead atoms. The number of nitrogens with zero attached hydrogens (tertiary/aromatic N) is 4. The number of carboxylic acid groups (broad SMARTS) is 1. The monoisotopic (exact) mass is 298 g/mol. The number of aliphatic carboxylic acids is 1. The van der Waals surface area contributed by atoms with Gasteiger partial charge in [0.1, 0.15) is 5.69 Å². The minimum atomic E-state index is -0.867. The van der Waals surface area contributed by atoms with Gasteiger partial charge in [0.15, 0.2) is 0 Å². The summed E-state index contributed by atoms with van der Waals surface area (Å²) in [4.78, 5) is 23.4. The second-order valence-corrected chi connectivity index (χ2v) is 5.11. The van der Waals surface area contributed by atoms with Crippen molar-refractivity contribution >= 4 is 17.5 Å². The van der Waals surface area contributed by atoms with Crippen LogP contribution in [0.4, 0.5) is 11.5 Å². The van der Waals surface area contributed by atoms with E-state index >= 15 is 0 Å². The minimum Gasteiger partial charge on any atom is -0.481 e. The van der Waals surface area contributed by atoms with E-state index in [1.54, 1.807) is 11.6 Å². The van der Waals surface area contributed by atoms with E-state index in [0.717, 1.165) is 0 Å². The van der Waals surface area contributed by atoms with Gasteiger partial charge in [-0.1, -0.05) is 0 Å². The topological polar surface area (TPSA) is 101 Å². The molecule has 0 aliphatic rings. The molecule has 0 saturated carbocycles. The van der Waals surface area contributed by atoms with Crippen LogP contribution in [0.15, 0.2) is 0 Å². The van der Waals surface area contributed by atoms with Crippen LogP contribution in [0.3, 0.4) is 0 Å². The Morgan fingerprint density at radius 1 is 1.52 bits per heavy atom. The maximum atomic E-state index is 11.3. The number of carboxylic acids is 1. The van der Waals surface area contributed by atoms with Gasteiger partial charge in [-0.15, -0.1) is 0 Å². The number of nitro groups is 1. The normalized spacial score (nSPS) is 10.9. The molecular weight excluding hydrogens is 276 g/mol. The van der Waals surface area contributed by atoms with E-state index in [-0.39, 0.29) is 18.2 Å². The van der Waals surface area contributed by atoms with Crippen LogP contribution in [0.1, 0.15) is 39.3 Å². The Bertz CT molecular complexity index is 524. The number of rotatable bonds is 8. The fourth-order valence-electron chi connectivity index (χ4n) is 2.29. The SMILES string of the molecule is CCn1nc(C)c([N+](=O)[O-])c1N(CCCC(=O)O)C(C)C. The smallest absolute Gasteiger partial charge is 0.333 e. The van der Waals surface area contributed by atoms with Crippen molar-refractivity contribution in [1.82, 2.24) is 9.78 Å². The lowest BCUT2D eigenvalue weighted by Crippen LogP contribution is -2.34. The van der Waals surface area contributed by atoms with Gasteiger partial charge in [-0.05, 0) is 34.1 Å². The number of aryl methyl sites for hydroxylation is 2. The highest BCUT2D eigenvalue weighted by Gasteiger charge is 2.30. The number of hydrogen-bond donors (Lipinski definition) is 1. The first kappa shape index (κ1) is 16.9. The van der Waals surface area contributed by atoms with Crippen LogP contribution < -0.4 is 4.90 Å². The Kier molecular flexibility index (Phi) is 5.69. The van der Waals surface area contributed by atoms with Crippen molar-refractivity contribution in [3.8, 4) is 0 Å². The van der Waals surface area contributed by atoms with E-state index in [9.17, 15) is 14.9 Å². The predicted octanol–water partition coefficient (Wildman–Crippen LogP) is 2.20. The highest BCUT2D eigenvalue weighted by Crippen LogP contribution is 2.33. The molecular formula is C13H22N4O4. The molecule has 0 aliphatic carbocycles. The van der Waals surface area contributed by atoms with Crippen LogP contribution in [-0.2, 0) is 11.3 Å². The van der Waals surface area contributed by atoms with Crippen molar-refractivity contribution in [3.63, 3.8) is 0 Å². The summed E-state index contributed by atoms with van der Waals surface area (Å²) in [6, 6.07) is 0.0129. The molecule has 0 unspecified atom stereocenters. The lowest BCUT2D eigenvalue weighted by molar-refractivity contribution is -0.384. The van der Waals surface area contributed by atoms with E-state index in [4.69, 9.17) is 5.11 Å². The minimum absolute atomic E-state index is 0.000810. The molecule has 1 rings (SSSR count). The summed E-state index contributed by atoms with van der Waals surface area (Å²) < 4.78 is 1.61. The van der Waals surface area contributed by atoms with Crippen LogP contribution in [0.25, 0.3) is 0 Å². The van der Waals surface area contributed by atoms with Crippen molar-refractivity contribution < 1.29 is 14.8 Å². The van der Waals surface area contributed by atoms with Gasteiger partial charge >= 0.3 is 11.7 Å². The maximum Gasteiger partial charge on any atom is 0.333 e. The summed E-state index contributed by atoms with van der Waals surface area (Å²) in [7, 11) is 0. The maximum absolute atomic E-state index is 11.3. The molecule has 1 heterocycles. The Hall–Kier alpha value is -2.12. The van der Waals surface area contributed by atoms with Crippen LogP contribution in [-0.4, -0.2) is 38.4 Å². The highest BCUT2D eigenvalue weighted by molar-refractivity contribution is 5.67. The summed E-state index contributed by atoms with van der Waals surface area (Å²) in [5.41, 5.74) is 0.376. The van der Waals surface area contributed by atoms with Gasteiger partial charge in [-0.25, -0.2) is 4.68 Å². The van der Waals surface area contributed by atoms with E-state index in [0.29, 0.717) is 31.0 Å². The second kappa shape index (κ2) is 7.05. The number of aromatic nitrogens is 2. The molecule has 8 nitrogen and oxygen atoms in total. The Morgan fingerprint density at radius 2 is 2.14 bits per heavy atom. The zero-order valence-electron chi connectivity index (χ0n) is 12.9. The quantitative estimate of drug-likeness (QED) is 0.583. The van der Waals surface area contributed by atoms with Crippen LogP contribution >= 0.6 is 0 Å².